The number of sulfonamides is 1. The van der Waals surface area contributed by atoms with Crippen molar-refractivity contribution in [2.75, 3.05) is 32.6 Å². The van der Waals surface area contributed by atoms with Gasteiger partial charge in [0.1, 0.15) is 0 Å². The van der Waals surface area contributed by atoms with Crippen molar-refractivity contribution in [3.63, 3.8) is 0 Å². The lowest BCUT2D eigenvalue weighted by Gasteiger charge is -2.40. The second kappa shape index (κ2) is 6.52. The van der Waals surface area contributed by atoms with Crippen LogP contribution in [0.15, 0.2) is 0 Å². The predicted molar refractivity (Wildman–Crippen MR) is 75.2 cm³/mol. The average molecular weight is 293 g/mol. The molecule has 0 aromatic heterocycles. The number of aliphatic hydroxyl groups is 2. The standard InChI is InChI=1S/C13H27NO4S/c1-11(2)13(9-15,10-16)7-12-5-4-6-14(8-12)19(3,17)18/h11-12,15-16H,4-10H2,1-3H3. The fraction of sp³-hybridized carbons (Fsp3) is 1.00. The van der Waals surface area contributed by atoms with Crippen LogP contribution in [-0.4, -0.2) is 55.5 Å². The molecule has 19 heavy (non-hydrogen) atoms. The molecule has 5 nitrogen and oxygen atoms in total. The largest absolute Gasteiger partial charge is 0.396 e. The Balaban J connectivity index is 2.75. The summed E-state index contributed by atoms with van der Waals surface area (Å²) in [6.07, 6.45) is 3.72. The second-order valence-electron chi connectivity index (χ2n) is 6.17. The summed E-state index contributed by atoms with van der Waals surface area (Å²) < 4.78 is 24.7. The SMILES string of the molecule is CC(C)C(CO)(CO)CC1CCCN(S(C)(=O)=O)C1. The molecule has 0 saturated carbocycles. The summed E-state index contributed by atoms with van der Waals surface area (Å²) in [6, 6.07) is 0. The third-order valence-electron chi connectivity index (χ3n) is 4.50. The normalized spacial score (nSPS) is 22.9. The molecule has 2 N–H and O–H groups in total. The summed E-state index contributed by atoms with van der Waals surface area (Å²) in [5.41, 5.74) is -0.509. The number of hydrogen-bond donors (Lipinski definition) is 2. The van der Waals surface area contributed by atoms with Gasteiger partial charge >= 0.3 is 0 Å². The van der Waals surface area contributed by atoms with Crippen LogP contribution < -0.4 is 0 Å². The molecule has 0 radical (unpaired) electrons. The Bertz CT molecular complexity index is 376. The molecular formula is C13H27NO4S. The van der Waals surface area contributed by atoms with E-state index in [4.69, 9.17) is 0 Å². The number of hydrogen-bond acceptors (Lipinski definition) is 4. The fourth-order valence-electron chi connectivity index (χ4n) is 2.85. The second-order valence-corrected chi connectivity index (χ2v) is 8.15. The van der Waals surface area contributed by atoms with Gasteiger partial charge in [0, 0.05) is 18.5 Å². The molecule has 1 atom stereocenters. The molecular weight excluding hydrogens is 266 g/mol. The fourth-order valence-corrected chi connectivity index (χ4v) is 3.79. The smallest absolute Gasteiger partial charge is 0.211 e. The monoisotopic (exact) mass is 293 g/mol. The van der Waals surface area contributed by atoms with Crippen molar-refractivity contribution in [1.82, 2.24) is 4.31 Å². The molecule has 1 heterocycles. The maximum absolute atomic E-state index is 11.6. The molecule has 6 heteroatoms. The molecule has 1 aliphatic heterocycles. The summed E-state index contributed by atoms with van der Waals surface area (Å²) >= 11 is 0. The zero-order valence-electron chi connectivity index (χ0n) is 12.2. The maximum Gasteiger partial charge on any atom is 0.211 e. The van der Waals surface area contributed by atoms with Crippen LogP contribution in [0.3, 0.4) is 0 Å². The van der Waals surface area contributed by atoms with E-state index >= 15 is 0 Å². The zero-order valence-corrected chi connectivity index (χ0v) is 13.0. The van der Waals surface area contributed by atoms with Crippen molar-refractivity contribution in [2.45, 2.75) is 33.1 Å². The maximum atomic E-state index is 11.6. The van der Waals surface area contributed by atoms with Crippen LogP contribution in [0.5, 0.6) is 0 Å². The van der Waals surface area contributed by atoms with E-state index in [0.29, 0.717) is 19.5 Å². The molecule has 0 spiro atoms. The Morgan fingerprint density at radius 3 is 2.32 bits per heavy atom. The van der Waals surface area contributed by atoms with Gasteiger partial charge in [-0.1, -0.05) is 13.8 Å². The third kappa shape index (κ3) is 4.15. The van der Waals surface area contributed by atoms with E-state index in [2.05, 4.69) is 0 Å². The van der Waals surface area contributed by atoms with Crippen molar-refractivity contribution in [2.24, 2.45) is 17.3 Å². The Morgan fingerprint density at radius 1 is 1.32 bits per heavy atom. The van der Waals surface area contributed by atoms with Gasteiger partial charge in [-0.05, 0) is 31.1 Å². The van der Waals surface area contributed by atoms with E-state index in [1.54, 1.807) is 0 Å². The van der Waals surface area contributed by atoms with Crippen molar-refractivity contribution in [1.29, 1.82) is 0 Å². The molecule has 1 aliphatic rings. The van der Waals surface area contributed by atoms with E-state index < -0.39 is 15.4 Å². The highest BCUT2D eigenvalue weighted by Gasteiger charge is 2.37. The summed E-state index contributed by atoms with van der Waals surface area (Å²) in [5, 5.41) is 19.2. The van der Waals surface area contributed by atoms with E-state index in [1.165, 1.54) is 10.6 Å². The third-order valence-corrected chi connectivity index (χ3v) is 5.77. The van der Waals surface area contributed by atoms with E-state index in [0.717, 1.165) is 12.8 Å². The van der Waals surface area contributed by atoms with Crippen LogP contribution in [0.1, 0.15) is 33.1 Å². The average Bonchev–Trinajstić information content (AvgIpc) is 2.35. The Hall–Kier alpha value is -0.170. The van der Waals surface area contributed by atoms with Crippen LogP contribution in [0, 0.1) is 17.3 Å². The Labute approximate surface area is 116 Å². The molecule has 0 amide bonds. The minimum absolute atomic E-state index is 0.0590. The quantitative estimate of drug-likeness (QED) is 0.755. The lowest BCUT2D eigenvalue weighted by molar-refractivity contribution is -0.00984. The first kappa shape index (κ1) is 16.9. The van der Waals surface area contributed by atoms with Gasteiger partial charge in [-0.25, -0.2) is 12.7 Å². The van der Waals surface area contributed by atoms with Crippen LogP contribution >= 0.6 is 0 Å². The van der Waals surface area contributed by atoms with Crippen LogP contribution in [0.25, 0.3) is 0 Å². The minimum Gasteiger partial charge on any atom is -0.396 e. The van der Waals surface area contributed by atoms with E-state index in [-0.39, 0.29) is 25.0 Å². The van der Waals surface area contributed by atoms with Gasteiger partial charge in [-0.2, -0.15) is 0 Å². The van der Waals surface area contributed by atoms with Gasteiger partial charge in [-0.15, -0.1) is 0 Å². The molecule has 114 valence electrons. The number of piperidine rings is 1. The van der Waals surface area contributed by atoms with Crippen LogP contribution in [0.2, 0.25) is 0 Å². The van der Waals surface area contributed by atoms with Crippen molar-refractivity contribution in [3.8, 4) is 0 Å². The van der Waals surface area contributed by atoms with Crippen LogP contribution in [0.4, 0.5) is 0 Å². The van der Waals surface area contributed by atoms with Crippen molar-refractivity contribution >= 4 is 10.0 Å². The van der Waals surface area contributed by atoms with Gasteiger partial charge in [0.25, 0.3) is 0 Å². The molecule has 1 fully saturated rings. The highest BCUT2D eigenvalue weighted by molar-refractivity contribution is 7.88. The van der Waals surface area contributed by atoms with Gasteiger partial charge in [0.2, 0.25) is 10.0 Å². The topological polar surface area (TPSA) is 77.8 Å². The van der Waals surface area contributed by atoms with Gasteiger partial charge in [0.05, 0.1) is 19.5 Å². The van der Waals surface area contributed by atoms with E-state index in [1.807, 2.05) is 13.8 Å². The Morgan fingerprint density at radius 2 is 1.89 bits per heavy atom. The minimum atomic E-state index is -3.14. The molecule has 1 saturated heterocycles. The lowest BCUT2D eigenvalue weighted by atomic mass is 9.71. The highest BCUT2D eigenvalue weighted by atomic mass is 32.2. The lowest BCUT2D eigenvalue weighted by Crippen LogP contribution is -2.44. The summed E-state index contributed by atoms with van der Waals surface area (Å²) in [6.45, 7) is 4.95. The summed E-state index contributed by atoms with van der Waals surface area (Å²) in [7, 11) is -3.14. The first-order chi connectivity index (χ1) is 8.75. The molecule has 1 rings (SSSR count). The predicted octanol–water partition coefficient (Wildman–Crippen LogP) is 0.675. The summed E-state index contributed by atoms with van der Waals surface area (Å²) in [5.74, 6) is 0.376. The van der Waals surface area contributed by atoms with Gasteiger partial charge in [0.15, 0.2) is 0 Å². The molecule has 0 aliphatic carbocycles. The van der Waals surface area contributed by atoms with Crippen LogP contribution in [-0.2, 0) is 10.0 Å². The first-order valence-electron chi connectivity index (χ1n) is 6.92. The van der Waals surface area contributed by atoms with E-state index in [9.17, 15) is 18.6 Å². The number of rotatable bonds is 6. The molecule has 0 aromatic rings. The van der Waals surface area contributed by atoms with Crippen molar-refractivity contribution < 1.29 is 18.6 Å². The number of nitrogens with zero attached hydrogens (tertiary/aromatic N) is 1. The van der Waals surface area contributed by atoms with Crippen molar-refractivity contribution in [3.05, 3.63) is 0 Å². The zero-order chi connectivity index (χ0) is 14.7. The van der Waals surface area contributed by atoms with Gasteiger partial charge in [-0.3, -0.25) is 0 Å². The Kier molecular flexibility index (Phi) is 5.79. The summed E-state index contributed by atoms with van der Waals surface area (Å²) in [4.78, 5) is 0. The molecule has 1 unspecified atom stereocenters. The number of aliphatic hydroxyl groups excluding tert-OH is 2. The first-order valence-corrected chi connectivity index (χ1v) is 8.77. The molecule has 0 aromatic carbocycles. The van der Waals surface area contributed by atoms with Gasteiger partial charge < -0.3 is 10.2 Å². The highest BCUT2D eigenvalue weighted by Crippen LogP contribution is 2.37. The molecule has 0 bridgehead atoms.